The van der Waals surface area contributed by atoms with E-state index >= 15 is 0 Å². The number of hydrogen-bond acceptors (Lipinski definition) is 3. The standard InChI is InChI=1S/C22H15IN2O4/c1-13-19(21(26)25(24-13)17-7-5-16(23)6-8-17)12-18-9-10-20(29-18)14-3-2-4-15(11-14)22(27)28/h2-12,24H,1H2,(H,27,28)/b19-12-. The van der Waals surface area contributed by atoms with Crippen molar-refractivity contribution in [2.45, 2.75) is 0 Å². The van der Waals surface area contributed by atoms with Gasteiger partial charge in [0.25, 0.3) is 5.56 Å². The van der Waals surface area contributed by atoms with Gasteiger partial charge >= 0.3 is 5.97 Å². The zero-order chi connectivity index (χ0) is 20.5. The molecule has 0 saturated carbocycles. The Labute approximate surface area is 178 Å². The maximum Gasteiger partial charge on any atom is 0.335 e. The first-order valence-corrected chi connectivity index (χ1v) is 9.71. The number of carbonyl (C=O) groups is 1. The highest BCUT2D eigenvalue weighted by Crippen LogP contribution is 2.23. The van der Waals surface area contributed by atoms with Gasteiger partial charge in [0.1, 0.15) is 11.5 Å². The molecule has 2 N–H and O–H groups in total. The summed E-state index contributed by atoms with van der Waals surface area (Å²) in [4.78, 5) is 24.0. The summed E-state index contributed by atoms with van der Waals surface area (Å²) in [6, 6.07) is 17.5. The lowest BCUT2D eigenvalue weighted by atomic mass is 10.1. The SMILES string of the molecule is C=c1[nH]n(-c2ccc(I)cc2)c(=O)/c1=C\c1ccc(-c2cccc(C(=O)O)c2)o1. The van der Waals surface area contributed by atoms with Crippen LogP contribution in [-0.2, 0) is 0 Å². The van der Waals surface area contributed by atoms with Crippen LogP contribution in [0.4, 0.5) is 0 Å². The van der Waals surface area contributed by atoms with Gasteiger partial charge in [-0.2, -0.15) is 0 Å². The lowest BCUT2D eigenvalue weighted by Crippen LogP contribution is -2.33. The number of aromatic amines is 1. The van der Waals surface area contributed by atoms with Crippen molar-refractivity contribution >= 4 is 41.2 Å². The molecule has 0 spiro atoms. The van der Waals surface area contributed by atoms with Gasteiger partial charge in [-0.05, 0) is 77.2 Å². The number of furan rings is 1. The molecule has 0 aliphatic heterocycles. The number of halogens is 1. The third-order valence-electron chi connectivity index (χ3n) is 4.40. The van der Waals surface area contributed by atoms with Gasteiger partial charge in [-0.25, -0.2) is 9.48 Å². The van der Waals surface area contributed by atoms with Crippen LogP contribution >= 0.6 is 22.6 Å². The van der Waals surface area contributed by atoms with Crippen LogP contribution in [0.25, 0.3) is 29.7 Å². The first kappa shape index (κ1) is 19.0. The van der Waals surface area contributed by atoms with E-state index in [1.54, 1.807) is 30.3 Å². The van der Waals surface area contributed by atoms with E-state index in [4.69, 9.17) is 9.52 Å². The maximum atomic E-state index is 12.8. The van der Waals surface area contributed by atoms with Gasteiger partial charge in [0.15, 0.2) is 0 Å². The van der Waals surface area contributed by atoms with Crippen LogP contribution < -0.4 is 16.1 Å². The highest BCUT2D eigenvalue weighted by Gasteiger charge is 2.09. The average molecular weight is 498 g/mol. The van der Waals surface area contributed by atoms with Gasteiger partial charge in [0.2, 0.25) is 0 Å². The van der Waals surface area contributed by atoms with Gasteiger partial charge < -0.3 is 9.52 Å². The number of carboxylic acid groups (broad SMARTS) is 1. The van der Waals surface area contributed by atoms with Gasteiger partial charge in [0.05, 0.1) is 21.8 Å². The molecule has 0 aliphatic carbocycles. The number of H-pyrrole nitrogens is 1. The number of benzene rings is 2. The molecular weight excluding hydrogens is 483 g/mol. The van der Waals surface area contributed by atoms with E-state index < -0.39 is 5.97 Å². The fraction of sp³-hybridized carbons (Fsp3) is 0. The van der Waals surface area contributed by atoms with Crippen LogP contribution in [0.5, 0.6) is 0 Å². The van der Waals surface area contributed by atoms with E-state index in [-0.39, 0.29) is 11.1 Å². The molecule has 144 valence electrons. The van der Waals surface area contributed by atoms with Crippen molar-refractivity contribution in [1.29, 1.82) is 0 Å². The Balaban J connectivity index is 1.74. The number of rotatable bonds is 4. The maximum absolute atomic E-state index is 12.8. The summed E-state index contributed by atoms with van der Waals surface area (Å²) >= 11 is 2.20. The van der Waals surface area contributed by atoms with E-state index in [9.17, 15) is 9.59 Å². The van der Waals surface area contributed by atoms with Crippen LogP contribution in [0.3, 0.4) is 0 Å². The number of carboxylic acids is 1. The van der Waals surface area contributed by atoms with Crippen molar-refractivity contribution in [3.63, 3.8) is 0 Å². The predicted molar refractivity (Wildman–Crippen MR) is 119 cm³/mol. The molecule has 2 heterocycles. The van der Waals surface area contributed by atoms with Crippen LogP contribution in [-0.4, -0.2) is 20.9 Å². The molecule has 0 bridgehead atoms. The second-order valence-corrected chi connectivity index (χ2v) is 7.60. The quantitative estimate of drug-likeness (QED) is 0.424. The molecule has 0 atom stereocenters. The van der Waals surface area contributed by atoms with Gasteiger partial charge in [-0.1, -0.05) is 18.7 Å². The molecule has 6 nitrogen and oxygen atoms in total. The van der Waals surface area contributed by atoms with E-state index in [0.29, 0.717) is 33.3 Å². The van der Waals surface area contributed by atoms with Crippen LogP contribution in [0, 0.1) is 3.57 Å². The summed E-state index contributed by atoms with van der Waals surface area (Å²) in [5.41, 5.74) is 1.30. The highest BCUT2D eigenvalue weighted by molar-refractivity contribution is 14.1. The number of hydrogen-bond donors (Lipinski definition) is 2. The van der Waals surface area contributed by atoms with Crippen LogP contribution in [0.1, 0.15) is 16.1 Å². The Morgan fingerprint density at radius 1 is 1.14 bits per heavy atom. The molecule has 0 amide bonds. The molecule has 0 radical (unpaired) electrons. The third kappa shape index (κ3) is 3.81. The molecule has 0 aliphatic rings. The summed E-state index contributed by atoms with van der Waals surface area (Å²) in [5, 5.41) is 13.0. The first-order valence-electron chi connectivity index (χ1n) is 8.63. The van der Waals surface area contributed by atoms with Gasteiger partial charge in [-0.3, -0.25) is 9.89 Å². The van der Waals surface area contributed by atoms with Gasteiger partial charge in [0, 0.05) is 9.13 Å². The monoisotopic (exact) mass is 498 g/mol. The van der Waals surface area contributed by atoms with Crippen LogP contribution in [0.2, 0.25) is 0 Å². The van der Waals surface area contributed by atoms with Crippen molar-refractivity contribution in [1.82, 2.24) is 9.78 Å². The summed E-state index contributed by atoms with van der Waals surface area (Å²) in [7, 11) is 0. The van der Waals surface area contributed by atoms with Crippen molar-refractivity contribution < 1.29 is 14.3 Å². The first-order chi connectivity index (χ1) is 13.9. The lowest BCUT2D eigenvalue weighted by molar-refractivity contribution is 0.0697. The van der Waals surface area contributed by atoms with Crippen molar-refractivity contribution in [2.24, 2.45) is 0 Å². The molecule has 4 rings (SSSR count). The van der Waals surface area contributed by atoms with Crippen molar-refractivity contribution in [2.75, 3.05) is 0 Å². The number of nitrogens with one attached hydrogen (secondary N) is 1. The largest absolute Gasteiger partial charge is 0.478 e. The van der Waals surface area contributed by atoms with Crippen molar-refractivity contribution in [3.8, 4) is 17.0 Å². The molecule has 0 saturated heterocycles. The summed E-state index contributed by atoms with van der Waals surface area (Å²) in [6.45, 7) is 3.92. The number of aromatic carboxylic acids is 1. The summed E-state index contributed by atoms with van der Waals surface area (Å²) < 4.78 is 8.32. The van der Waals surface area contributed by atoms with E-state index in [1.807, 2.05) is 24.3 Å². The Kier molecular flexibility index (Phi) is 4.98. The fourth-order valence-corrected chi connectivity index (χ4v) is 3.31. The minimum Gasteiger partial charge on any atom is -0.478 e. The average Bonchev–Trinajstić information content (AvgIpc) is 3.29. The zero-order valence-corrected chi connectivity index (χ0v) is 17.2. The minimum absolute atomic E-state index is 0.176. The Hall–Kier alpha value is -3.33. The van der Waals surface area contributed by atoms with Crippen molar-refractivity contribution in [3.05, 3.63) is 96.5 Å². The number of nitrogens with zero attached hydrogens (tertiary/aromatic N) is 1. The summed E-state index contributed by atoms with van der Waals surface area (Å²) in [5.74, 6) is -0.0229. The van der Waals surface area contributed by atoms with Gasteiger partial charge in [-0.15, -0.1) is 0 Å². The highest BCUT2D eigenvalue weighted by atomic mass is 127. The lowest BCUT2D eigenvalue weighted by Gasteiger charge is -2.00. The smallest absolute Gasteiger partial charge is 0.335 e. The van der Waals surface area contributed by atoms with Crippen LogP contribution in [0.15, 0.2) is 69.9 Å². The molecule has 7 heteroatoms. The number of aromatic nitrogens is 2. The van der Waals surface area contributed by atoms with E-state index in [1.165, 1.54) is 16.8 Å². The normalized spacial score (nSPS) is 11.7. The molecule has 29 heavy (non-hydrogen) atoms. The zero-order valence-electron chi connectivity index (χ0n) is 15.1. The minimum atomic E-state index is -1.00. The molecule has 0 unspecified atom stereocenters. The second-order valence-electron chi connectivity index (χ2n) is 6.35. The molecule has 2 aromatic carbocycles. The molecule has 4 aromatic rings. The topological polar surface area (TPSA) is 88.2 Å². The Morgan fingerprint density at radius 2 is 1.90 bits per heavy atom. The fourth-order valence-electron chi connectivity index (χ4n) is 2.95. The van der Waals surface area contributed by atoms with E-state index in [0.717, 1.165) is 3.57 Å². The Morgan fingerprint density at radius 3 is 2.62 bits per heavy atom. The van der Waals surface area contributed by atoms with E-state index in [2.05, 4.69) is 34.3 Å². The third-order valence-corrected chi connectivity index (χ3v) is 5.12. The molecule has 2 aromatic heterocycles. The predicted octanol–water partition coefficient (Wildman–Crippen LogP) is 2.97. The Bertz CT molecular complexity index is 1380. The second kappa shape index (κ2) is 7.59. The molecule has 0 fully saturated rings. The molecular formula is C22H15IN2O4. The summed E-state index contributed by atoms with van der Waals surface area (Å²) in [6.07, 6.45) is 1.62.